The third kappa shape index (κ3) is 9.17. The number of nitro benzene ring substituents is 1. The second-order valence-electron chi connectivity index (χ2n) is 20.3. The topological polar surface area (TPSA) is 218 Å². The van der Waals surface area contributed by atoms with Gasteiger partial charge in [0.2, 0.25) is 11.8 Å². The van der Waals surface area contributed by atoms with E-state index in [1.807, 2.05) is 102 Å². The predicted molar refractivity (Wildman–Crippen MR) is 297 cm³/mol. The average Bonchev–Trinajstić information content (AvgIpc) is 1.75. The van der Waals surface area contributed by atoms with E-state index in [1.54, 1.807) is 59.2 Å². The fraction of sp³-hybridized carbons (Fsp3) is 0.238. The Morgan fingerprint density at radius 2 is 1.51 bits per heavy atom. The number of ether oxygens (including phenoxy) is 5. The van der Waals surface area contributed by atoms with Crippen LogP contribution in [0.15, 0.2) is 164 Å². The first-order valence-electron chi connectivity index (χ1n) is 26.6. The van der Waals surface area contributed by atoms with Gasteiger partial charge in [0.05, 0.1) is 55.0 Å². The van der Waals surface area contributed by atoms with Crippen LogP contribution in [-0.4, -0.2) is 98.7 Å². The Morgan fingerprint density at radius 3 is 2.24 bits per heavy atom. The Labute approximate surface area is 470 Å². The molecule has 19 heteroatoms. The van der Waals surface area contributed by atoms with E-state index in [1.165, 1.54) is 31.4 Å². The maximum Gasteiger partial charge on any atom is 0.421 e. The van der Waals surface area contributed by atoms with E-state index in [0.29, 0.717) is 57.0 Å². The van der Waals surface area contributed by atoms with Crippen LogP contribution in [0.1, 0.15) is 62.7 Å². The van der Waals surface area contributed by atoms with Crippen LogP contribution in [-0.2, 0) is 55.4 Å². The van der Waals surface area contributed by atoms with Crippen molar-refractivity contribution in [3.8, 4) is 29.1 Å². The van der Waals surface area contributed by atoms with Crippen LogP contribution in [0.3, 0.4) is 0 Å². The van der Waals surface area contributed by atoms with Crippen molar-refractivity contribution in [2.45, 2.75) is 55.8 Å². The number of anilines is 1. The Bertz CT molecular complexity index is 3870. The summed E-state index contributed by atoms with van der Waals surface area (Å²) in [5, 5.41) is 30.1. The minimum absolute atomic E-state index is 0.0529. The highest BCUT2D eigenvalue weighted by Gasteiger charge is 2.76. The molecule has 6 unspecified atom stereocenters. The summed E-state index contributed by atoms with van der Waals surface area (Å²) in [6.07, 6.45) is -1.73. The molecular weight excluding hydrogens is 1050 g/mol. The van der Waals surface area contributed by atoms with E-state index in [9.17, 15) is 15.2 Å². The summed E-state index contributed by atoms with van der Waals surface area (Å²) in [7, 11) is 3.08. The number of aliphatic hydroxyl groups is 1. The van der Waals surface area contributed by atoms with Crippen molar-refractivity contribution in [2.24, 2.45) is 5.92 Å². The summed E-state index contributed by atoms with van der Waals surface area (Å²) in [6, 6.07) is 43.7. The minimum Gasteiger partial charge on any atom is -0.493 e. The smallest absolute Gasteiger partial charge is 0.421 e. The Morgan fingerprint density at radius 1 is 0.805 bits per heavy atom. The maximum atomic E-state index is 17.1. The number of aliphatic hydroxyl groups excluding tert-OH is 1. The lowest BCUT2D eigenvalue weighted by Gasteiger charge is -2.46. The molecule has 6 atom stereocenters. The number of cyclic esters (lactones) is 1. The number of aromatic nitrogens is 3. The van der Waals surface area contributed by atoms with Crippen molar-refractivity contribution in [3.63, 3.8) is 0 Å². The number of benzene rings is 7. The lowest BCUT2D eigenvalue weighted by atomic mass is 9.64. The zero-order valence-corrected chi connectivity index (χ0v) is 44.5. The van der Waals surface area contributed by atoms with Crippen LogP contribution in [0, 0.1) is 27.9 Å². The number of non-ortho nitro benzene ring substituents is 1. The van der Waals surface area contributed by atoms with Gasteiger partial charge in [-0.1, -0.05) is 102 Å². The summed E-state index contributed by atoms with van der Waals surface area (Å²) in [4.78, 5) is 80.4. The molecule has 0 saturated carbocycles. The molecular formula is C63H53N7O12. The van der Waals surface area contributed by atoms with E-state index in [-0.39, 0.29) is 49.8 Å². The summed E-state index contributed by atoms with van der Waals surface area (Å²) in [6.45, 7) is -0.419. The van der Waals surface area contributed by atoms with Crippen LogP contribution in [0.5, 0.6) is 17.2 Å². The van der Waals surface area contributed by atoms with Gasteiger partial charge in [0.25, 0.3) is 5.69 Å². The number of morpholine rings is 1. The number of fused-ring (bicyclic) bond motifs is 5. The third-order valence-corrected chi connectivity index (χ3v) is 15.9. The van der Waals surface area contributed by atoms with Gasteiger partial charge in [0, 0.05) is 30.8 Å². The van der Waals surface area contributed by atoms with Crippen LogP contribution in [0.4, 0.5) is 16.2 Å². The van der Waals surface area contributed by atoms with Crippen LogP contribution in [0.25, 0.3) is 11.0 Å². The molecule has 3 amide bonds. The SMILES string of the molecule is COc1cc2c(cc1OC)CN(C(=O)C1C3C(=O)OC(c4ccccc4)C(c4ccccc4)N3C(c3cccc(OCCO)c3)C13C(=O)N(C(=O)OCc1ccc([N+](=O)[O-])cc1)c1ccc(C#CCn4nnc5ccccc54)cc13)CC2. The third-order valence-electron chi connectivity index (χ3n) is 15.9. The van der Waals surface area contributed by atoms with Crippen LogP contribution >= 0.6 is 0 Å². The van der Waals surface area contributed by atoms with Gasteiger partial charge in [-0.3, -0.25) is 29.4 Å². The zero-order valence-electron chi connectivity index (χ0n) is 44.5. The number of rotatable bonds is 13. The summed E-state index contributed by atoms with van der Waals surface area (Å²) in [5.74, 6) is 3.94. The van der Waals surface area contributed by atoms with E-state index < -0.39 is 71.0 Å². The molecule has 19 nitrogen and oxygen atoms in total. The fourth-order valence-corrected chi connectivity index (χ4v) is 12.3. The van der Waals surface area contributed by atoms with E-state index in [4.69, 9.17) is 23.7 Å². The molecule has 7 aromatic carbocycles. The molecule has 0 aliphatic carbocycles. The molecule has 1 spiro atoms. The summed E-state index contributed by atoms with van der Waals surface area (Å²) >= 11 is 0. The number of imide groups is 1. The number of methoxy groups -OCH3 is 2. The standard InChI is InChI=1S/C63H53N7O12/c1-78-52-35-43-28-30-66(37-45(43)36-53(52)79-2)59(72)54-56-60(73)82-57(42-16-7-4-8-17-42)55(41-14-5-3-6-15-41)69(56)58(44-18-11-19-47(34-44)80-32-31-71)63(54)48-33-39(13-12-29-67-51-21-10-9-20-49(51)64-65-67)24-27-50(48)68(61(63)74)62(75)81-38-40-22-25-46(26-23-40)70(76)77/h3-11,14-27,33-36,54-58,71H,28-32,37-38H2,1-2H3. The van der Waals surface area contributed by atoms with E-state index in [0.717, 1.165) is 21.5 Å². The first-order chi connectivity index (χ1) is 40.0. The van der Waals surface area contributed by atoms with Crippen LogP contribution in [0.2, 0.25) is 0 Å². The number of nitrogens with zero attached hydrogens (tertiary/aromatic N) is 7. The molecule has 412 valence electrons. The maximum absolute atomic E-state index is 17.1. The molecule has 1 aromatic heterocycles. The fourth-order valence-electron chi connectivity index (χ4n) is 12.3. The van der Waals surface area contributed by atoms with Gasteiger partial charge in [-0.05, 0) is 112 Å². The first kappa shape index (κ1) is 52.8. The van der Waals surface area contributed by atoms with Gasteiger partial charge in [0.15, 0.2) is 11.5 Å². The van der Waals surface area contributed by atoms with Gasteiger partial charge in [0.1, 0.15) is 48.6 Å². The number of esters is 1. The number of nitro groups is 1. The number of para-hydroxylation sites is 1. The Balaban J connectivity index is 1.10. The molecule has 0 radical (unpaired) electrons. The summed E-state index contributed by atoms with van der Waals surface area (Å²) in [5.41, 5.74) is 3.65. The normalized spacial score (nSPS) is 20.7. The molecule has 12 rings (SSSR count). The predicted octanol–water partition coefficient (Wildman–Crippen LogP) is 8.37. The first-order valence-corrected chi connectivity index (χ1v) is 26.6. The highest BCUT2D eigenvalue weighted by molar-refractivity contribution is 6.23. The molecule has 8 aromatic rings. The van der Waals surface area contributed by atoms with Crippen molar-refractivity contribution < 1.29 is 52.9 Å². The molecule has 0 bridgehead atoms. The van der Waals surface area contributed by atoms with Crippen LogP contribution < -0.4 is 19.1 Å². The molecule has 2 fully saturated rings. The van der Waals surface area contributed by atoms with Gasteiger partial charge in [-0.2, -0.15) is 0 Å². The van der Waals surface area contributed by atoms with E-state index in [2.05, 4.69) is 22.2 Å². The van der Waals surface area contributed by atoms with Crippen molar-refractivity contribution in [2.75, 3.05) is 38.9 Å². The number of hydrogen-bond donors (Lipinski definition) is 1. The van der Waals surface area contributed by atoms with E-state index >= 15 is 19.2 Å². The van der Waals surface area contributed by atoms with Crippen molar-refractivity contribution >= 4 is 46.3 Å². The molecule has 5 heterocycles. The van der Waals surface area contributed by atoms with Crippen molar-refractivity contribution in [1.29, 1.82) is 0 Å². The average molecular weight is 1100 g/mol. The van der Waals surface area contributed by atoms with Crippen molar-refractivity contribution in [1.82, 2.24) is 24.8 Å². The monoisotopic (exact) mass is 1100 g/mol. The number of carbonyl (C=O) groups excluding carboxylic acids is 4. The van der Waals surface area contributed by atoms with Crippen molar-refractivity contribution in [3.05, 3.63) is 218 Å². The Hall–Kier alpha value is -9.90. The zero-order chi connectivity index (χ0) is 56.6. The number of carbonyl (C=O) groups is 4. The summed E-state index contributed by atoms with van der Waals surface area (Å²) < 4.78 is 31.9. The lowest BCUT2D eigenvalue weighted by Crippen LogP contribution is -2.57. The molecule has 4 aliphatic rings. The number of hydrogen-bond acceptors (Lipinski definition) is 15. The molecule has 1 N–H and O–H groups in total. The van der Waals surface area contributed by atoms with Gasteiger partial charge in [-0.25, -0.2) is 14.4 Å². The quantitative estimate of drug-likeness (QED) is 0.0496. The number of amides is 3. The highest BCUT2D eigenvalue weighted by atomic mass is 16.6. The second kappa shape index (κ2) is 22.0. The van der Waals surface area contributed by atoms with Gasteiger partial charge in [-0.15, -0.1) is 5.10 Å². The molecule has 4 aliphatic heterocycles. The second-order valence-corrected chi connectivity index (χ2v) is 20.3. The van der Waals surface area contributed by atoms with Gasteiger partial charge >= 0.3 is 12.1 Å². The minimum atomic E-state index is -2.19. The largest absolute Gasteiger partial charge is 0.493 e. The molecule has 2 saturated heterocycles. The van der Waals surface area contributed by atoms with Gasteiger partial charge < -0.3 is 33.7 Å². The molecule has 82 heavy (non-hydrogen) atoms. The highest BCUT2D eigenvalue weighted by Crippen LogP contribution is 2.66. The Kier molecular flexibility index (Phi) is 14.1. The lowest BCUT2D eigenvalue weighted by molar-refractivity contribution is -0.384.